The predicted molar refractivity (Wildman–Crippen MR) is 75.5 cm³/mol. The highest BCUT2D eigenvalue weighted by Gasteiger charge is 2.17. The van der Waals surface area contributed by atoms with E-state index in [0.29, 0.717) is 0 Å². The fraction of sp³-hybridized carbons (Fsp3) is 1.00. The van der Waals surface area contributed by atoms with Crippen LogP contribution in [0.5, 0.6) is 0 Å². The van der Waals surface area contributed by atoms with Crippen molar-refractivity contribution in [2.24, 2.45) is 0 Å². The number of nitrogens with zero attached hydrogens (tertiary/aromatic N) is 2. The molecule has 0 aromatic rings. The monoisotopic (exact) mass is 241 g/mol. The first-order valence-electron chi connectivity index (χ1n) is 7.41. The largest absolute Gasteiger partial charge is 0.315 e. The first-order valence-corrected chi connectivity index (χ1v) is 7.41. The molecule has 1 rings (SSSR count). The molecule has 0 bridgehead atoms. The van der Waals surface area contributed by atoms with Gasteiger partial charge < -0.3 is 15.1 Å². The average molecular weight is 241 g/mol. The molecule has 0 spiro atoms. The van der Waals surface area contributed by atoms with Crippen LogP contribution < -0.4 is 5.32 Å². The molecule has 0 saturated carbocycles. The Hall–Kier alpha value is -0.120. The molecule has 3 heteroatoms. The average Bonchev–Trinajstić information content (AvgIpc) is 2.36. The second-order valence-corrected chi connectivity index (χ2v) is 5.21. The van der Waals surface area contributed by atoms with Crippen molar-refractivity contribution in [3.63, 3.8) is 0 Å². The standard InChI is InChI=1S/C14H31N3/c1-4-17(5-2)12-8-10-15-13-14-9-6-7-11-16(14)3/h14-15H,4-13H2,1-3H3. The molecule has 1 heterocycles. The van der Waals surface area contributed by atoms with Crippen LogP contribution in [0.4, 0.5) is 0 Å². The summed E-state index contributed by atoms with van der Waals surface area (Å²) in [7, 11) is 2.27. The third-order valence-electron chi connectivity index (χ3n) is 4.02. The lowest BCUT2D eigenvalue weighted by Gasteiger charge is -2.32. The van der Waals surface area contributed by atoms with E-state index in [1.807, 2.05) is 0 Å². The van der Waals surface area contributed by atoms with E-state index in [0.717, 1.165) is 6.04 Å². The molecule has 1 N–H and O–H groups in total. The van der Waals surface area contributed by atoms with Crippen LogP contribution in [0.1, 0.15) is 39.5 Å². The molecular formula is C14H31N3. The summed E-state index contributed by atoms with van der Waals surface area (Å²) in [6.07, 6.45) is 5.45. The molecule has 1 saturated heterocycles. The van der Waals surface area contributed by atoms with Crippen molar-refractivity contribution < 1.29 is 0 Å². The quantitative estimate of drug-likeness (QED) is 0.654. The second-order valence-electron chi connectivity index (χ2n) is 5.21. The highest BCUT2D eigenvalue weighted by atomic mass is 15.2. The van der Waals surface area contributed by atoms with E-state index in [1.165, 1.54) is 65.0 Å². The van der Waals surface area contributed by atoms with Crippen molar-refractivity contribution in [1.82, 2.24) is 15.1 Å². The number of likely N-dealkylation sites (N-methyl/N-ethyl adjacent to an activating group) is 1. The molecule has 3 nitrogen and oxygen atoms in total. The molecule has 0 aromatic heterocycles. The third-order valence-corrected chi connectivity index (χ3v) is 4.02. The first kappa shape index (κ1) is 14.9. The van der Waals surface area contributed by atoms with Gasteiger partial charge in [-0.2, -0.15) is 0 Å². The number of likely N-dealkylation sites (tertiary alicyclic amines) is 1. The minimum atomic E-state index is 0.775. The maximum Gasteiger partial charge on any atom is 0.0217 e. The van der Waals surface area contributed by atoms with E-state index in [9.17, 15) is 0 Å². The van der Waals surface area contributed by atoms with Crippen LogP contribution >= 0.6 is 0 Å². The zero-order chi connectivity index (χ0) is 12.5. The van der Waals surface area contributed by atoms with E-state index < -0.39 is 0 Å². The van der Waals surface area contributed by atoms with Gasteiger partial charge in [0, 0.05) is 12.6 Å². The molecule has 0 aromatic carbocycles. The maximum absolute atomic E-state index is 3.62. The minimum absolute atomic E-state index is 0.775. The fourth-order valence-electron chi connectivity index (χ4n) is 2.64. The van der Waals surface area contributed by atoms with Crippen LogP contribution in [0.2, 0.25) is 0 Å². The predicted octanol–water partition coefficient (Wildman–Crippen LogP) is 1.79. The van der Waals surface area contributed by atoms with Crippen molar-refractivity contribution in [3.05, 3.63) is 0 Å². The van der Waals surface area contributed by atoms with E-state index in [-0.39, 0.29) is 0 Å². The van der Waals surface area contributed by atoms with Crippen LogP contribution in [0, 0.1) is 0 Å². The Morgan fingerprint density at radius 1 is 1.24 bits per heavy atom. The molecule has 0 radical (unpaired) electrons. The van der Waals surface area contributed by atoms with Gasteiger partial charge >= 0.3 is 0 Å². The molecule has 1 aliphatic rings. The van der Waals surface area contributed by atoms with Crippen LogP contribution in [0.3, 0.4) is 0 Å². The van der Waals surface area contributed by atoms with Gasteiger partial charge in [0.1, 0.15) is 0 Å². The fourth-order valence-corrected chi connectivity index (χ4v) is 2.64. The van der Waals surface area contributed by atoms with Gasteiger partial charge in [-0.15, -0.1) is 0 Å². The van der Waals surface area contributed by atoms with Gasteiger partial charge in [-0.3, -0.25) is 0 Å². The summed E-state index contributed by atoms with van der Waals surface area (Å²) < 4.78 is 0. The van der Waals surface area contributed by atoms with Crippen LogP contribution in [0.15, 0.2) is 0 Å². The number of hydrogen-bond donors (Lipinski definition) is 1. The van der Waals surface area contributed by atoms with Gasteiger partial charge in [0.2, 0.25) is 0 Å². The Kier molecular flexibility index (Phi) is 7.82. The number of piperidine rings is 1. The second kappa shape index (κ2) is 8.90. The summed E-state index contributed by atoms with van der Waals surface area (Å²) in [5.41, 5.74) is 0. The Morgan fingerprint density at radius 3 is 2.65 bits per heavy atom. The van der Waals surface area contributed by atoms with Gasteiger partial charge in [0.15, 0.2) is 0 Å². The lowest BCUT2D eigenvalue weighted by atomic mass is 10.0. The molecular weight excluding hydrogens is 210 g/mol. The Labute approximate surface area is 108 Å². The summed E-state index contributed by atoms with van der Waals surface area (Å²) in [6.45, 7) is 11.7. The maximum atomic E-state index is 3.62. The van der Waals surface area contributed by atoms with E-state index in [2.05, 4.69) is 36.0 Å². The van der Waals surface area contributed by atoms with Crippen LogP contribution in [-0.4, -0.2) is 62.2 Å². The van der Waals surface area contributed by atoms with Crippen molar-refractivity contribution in [3.8, 4) is 0 Å². The number of nitrogens with one attached hydrogen (secondary N) is 1. The van der Waals surface area contributed by atoms with Crippen LogP contribution in [0.25, 0.3) is 0 Å². The zero-order valence-corrected chi connectivity index (χ0v) is 12.0. The Morgan fingerprint density at radius 2 is 2.00 bits per heavy atom. The normalized spacial score (nSPS) is 22.2. The number of rotatable bonds is 8. The first-order chi connectivity index (χ1) is 8.27. The highest BCUT2D eigenvalue weighted by molar-refractivity contribution is 4.76. The smallest absolute Gasteiger partial charge is 0.0217 e. The summed E-state index contributed by atoms with van der Waals surface area (Å²) in [5.74, 6) is 0. The van der Waals surface area contributed by atoms with Gasteiger partial charge in [-0.25, -0.2) is 0 Å². The van der Waals surface area contributed by atoms with Gasteiger partial charge in [-0.05, 0) is 59.0 Å². The van der Waals surface area contributed by atoms with Crippen molar-refractivity contribution in [2.75, 3.05) is 46.3 Å². The SMILES string of the molecule is CCN(CC)CCCNCC1CCCCN1C. The summed E-state index contributed by atoms with van der Waals surface area (Å²) in [4.78, 5) is 5.01. The van der Waals surface area contributed by atoms with Crippen molar-refractivity contribution >= 4 is 0 Å². The lowest BCUT2D eigenvalue weighted by molar-refractivity contribution is 0.181. The molecule has 0 aliphatic carbocycles. The Bertz CT molecular complexity index is 180. The summed E-state index contributed by atoms with van der Waals surface area (Å²) in [5, 5.41) is 3.62. The van der Waals surface area contributed by atoms with Crippen LogP contribution in [-0.2, 0) is 0 Å². The molecule has 17 heavy (non-hydrogen) atoms. The van der Waals surface area contributed by atoms with E-state index in [1.54, 1.807) is 0 Å². The topological polar surface area (TPSA) is 18.5 Å². The Balaban J connectivity index is 1.99. The molecule has 0 amide bonds. The minimum Gasteiger partial charge on any atom is -0.315 e. The highest BCUT2D eigenvalue weighted by Crippen LogP contribution is 2.13. The zero-order valence-electron chi connectivity index (χ0n) is 12.0. The molecule has 1 atom stereocenters. The molecule has 1 fully saturated rings. The van der Waals surface area contributed by atoms with Gasteiger partial charge in [-0.1, -0.05) is 20.3 Å². The van der Waals surface area contributed by atoms with E-state index in [4.69, 9.17) is 0 Å². The lowest BCUT2D eigenvalue weighted by Crippen LogP contribution is -2.43. The van der Waals surface area contributed by atoms with E-state index >= 15 is 0 Å². The van der Waals surface area contributed by atoms with Gasteiger partial charge in [0.05, 0.1) is 0 Å². The molecule has 102 valence electrons. The van der Waals surface area contributed by atoms with Gasteiger partial charge in [0.25, 0.3) is 0 Å². The molecule has 1 unspecified atom stereocenters. The summed E-state index contributed by atoms with van der Waals surface area (Å²) >= 11 is 0. The number of hydrogen-bond acceptors (Lipinski definition) is 3. The molecule has 1 aliphatic heterocycles. The summed E-state index contributed by atoms with van der Waals surface area (Å²) in [6, 6.07) is 0.775. The third kappa shape index (κ3) is 5.84. The van der Waals surface area contributed by atoms with Crippen molar-refractivity contribution in [2.45, 2.75) is 45.6 Å². The van der Waals surface area contributed by atoms with Crippen molar-refractivity contribution in [1.29, 1.82) is 0 Å².